The van der Waals surface area contributed by atoms with Crippen molar-refractivity contribution in [2.24, 2.45) is 0 Å². The number of nitrogens with two attached hydrogens (primary N) is 1. The number of hydrogen-bond donors (Lipinski definition) is 2. The molecular weight excluding hydrogens is 460 g/mol. The number of fused-ring (bicyclic) bond motifs is 1. The molecule has 7 nitrogen and oxygen atoms in total. The van der Waals surface area contributed by atoms with E-state index < -0.39 is 5.97 Å². The van der Waals surface area contributed by atoms with Gasteiger partial charge in [0.15, 0.2) is 0 Å². The fraction of sp³-hybridized carbons (Fsp3) is 0.222. The minimum absolute atomic E-state index is 0.148. The van der Waals surface area contributed by atoms with Crippen LogP contribution in [0.4, 0.5) is 16.2 Å². The number of carbonyl (C=O) groups excluding carboxylic acids is 2. The second-order valence-corrected chi connectivity index (χ2v) is 9.60. The molecule has 1 aliphatic heterocycles. The molecule has 1 saturated heterocycles. The zero-order chi connectivity index (χ0) is 24.4. The molecule has 35 heavy (non-hydrogen) atoms. The summed E-state index contributed by atoms with van der Waals surface area (Å²) in [4.78, 5) is 33.1. The van der Waals surface area contributed by atoms with Crippen molar-refractivity contribution in [3.63, 3.8) is 0 Å². The lowest BCUT2D eigenvalue weighted by Crippen LogP contribution is -2.43. The third-order valence-electron chi connectivity index (χ3n) is 6.17. The molecule has 0 radical (unpaired) electrons. The van der Waals surface area contributed by atoms with Crippen molar-refractivity contribution in [2.45, 2.75) is 25.9 Å². The first-order chi connectivity index (χ1) is 17.0. The Kier molecular flexibility index (Phi) is 6.37. The normalized spacial score (nSPS) is 14.1. The van der Waals surface area contributed by atoms with E-state index in [4.69, 9.17) is 15.5 Å². The van der Waals surface area contributed by atoms with Gasteiger partial charge in [0.1, 0.15) is 15.8 Å². The first-order valence-corrected chi connectivity index (χ1v) is 12.4. The smallest absolute Gasteiger partial charge is 0.350 e. The minimum atomic E-state index is -0.434. The van der Waals surface area contributed by atoms with Crippen molar-refractivity contribution in [1.29, 1.82) is 0 Å². The summed E-state index contributed by atoms with van der Waals surface area (Å²) >= 11 is 1.26. The molecule has 5 rings (SSSR count). The van der Waals surface area contributed by atoms with E-state index in [9.17, 15) is 9.59 Å². The van der Waals surface area contributed by atoms with Crippen LogP contribution < -0.4 is 11.1 Å². The number of aryl methyl sites for hydroxylation is 1. The average Bonchev–Trinajstić information content (AvgIpc) is 3.20. The number of hydrogen-bond acceptors (Lipinski definition) is 6. The molecule has 8 heteroatoms. The molecule has 1 fully saturated rings. The third kappa shape index (κ3) is 4.83. The summed E-state index contributed by atoms with van der Waals surface area (Å²) in [5.74, 6) is -0.434. The van der Waals surface area contributed by atoms with Gasteiger partial charge in [0.2, 0.25) is 0 Å². The number of carbonyl (C=O) groups is 2. The number of nitrogens with one attached hydrogen (secondary N) is 1. The summed E-state index contributed by atoms with van der Waals surface area (Å²) in [5, 5.41) is 3.66. The minimum Gasteiger partial charge on any atom is -0.458 e. The summed E-state index contributed by atoms with van der Waals surface area (Å²) in [5.41, 5.74) is 10.4. The van der Waals surface area contributed by atoms with Crippen LogP contribution in [0, 0.1) is 6.92 Å². The van der Waals surface area contributed by atoms with Gasteiger partial charge in [-0.15, -0.1) is 11.3 Å². The van der Waals surface area contributed by atoms with Gasteiger partial charge in [0, 0.05) is 42.6 Å². The zero-order valence-corrected chi connectivity index (χ0v) is 20.2. The van der Waals surface area contributed by atoms with Crippen LogP contribution in [-0.2, 0) is 4.74 Å². The van der Waals surface area contributed by atoms with Crippen molar-refractivity contribution in [1.82, 2.24) is 9.88 Å². The Morgan fingerprint density at radius 3 is 2.40 bits per heavy atom. The topological polar surface area (TPSA) is 97.6 Å². The number of esters is 1. The SMILES string of the molecule is Cc1cc2c(N)c(C(=O)OC3CCN(C(=O)Nc4ccccc4)CC3)sc2nc1-c1ccccc1. The van der Waals surface area contributed by atoms with Crippen LogP contribution in [0.1, 0.15) is 28.1 Å². The molecule has 178 valence electrons. The molecule has 4 aromatic rings. The zero-order valence-electron chi connectivity index (χ0n) is 19.4. The maximum Gasteiger partial charge on any atom is 0.350 e. The van der Waals surface area contributed by atoms with Gasteiger partial charge in [-0.25, -0.2) is 14.6 Å². The fourth-order valence-corrected chi connectivity index (χ4v) is 5.25. The fourth-order valence-electron chi connectivity index (χ4n) is 4.29. The molecule has 0 bridgehead atoms. The van der Waals surface area contributed by atoms with Gasteiger partial charge in [-0.2, -0.15) is 0 Å². The first-order valence-electron chi connectivity index (χ1n) is 11.6. The van der Waals surface area contributed by atoms with Crippen LogP contribution >= 0.6 is 11.3 Å². The lowest BCUT2D eigenvalue weighted by molar-refractivity contribution is 0.0164. The monoisotopic (exact) mass is 486 g/mol. The summed E-state index contributed by atoms with van der Waals surface area (Å²) in [6, 6.07) is 21.1. The Labute approximate surface area is 207 Å². The van der Waals surface area contributed by atoms with E-state index in [2.05, 4.69) is 5.32 Å². The highest BCUT2D eigenvalue weighted by atomic mass is 32.1. The number of aromatic nitrogens is 1. The molecule has 1 aliphatic rings. The molecule has 3 heterocycles. The lowest BCUT2D eigenvalue weighted by atomic mass is 10.1. The number of amides is 2. The van der Waals surface area contributed by atoms with Crippen molar-refractivity contribution in [3.05, 3.63) is 77.2 Å². The number of likely N-dealkylation sites (tertiary alicyclic amines) is 1. The number of nitrogen functional groups attached to an aromatic ring is 1. The van der Waals surface area contributed by atoms with E-state index in [0.29, 0.717) is 41.3 Å². The molecule has 0 spiro atoms. The molecule has 0 unspecified atom stereocenters. The molecular formula is C27H26N4O3S. The molecule has 0 atom stereocenters. The van der Waals surface area contributed by atoms with Crippen molar-refractivity contribution in [2.75, 3.05) is 24.1 Å². The van der Waals surface area contributed by atoms with Crippen LogP contribution in [0.15, 0.2) is 66.7 Å². The van der Waals surface area contributed by atoms with E-state index >= 15 is 0 Å². The van der Waals surface area contributed by atoms with Crippen LogP contribution in [0.25, 0.3) is 21.5 Å². The van der Waals surface area contributed by atoms with Crippen LogP contribution in [0.3, 0.4) is 0 Å². The average molecular weight is 487 g/mol. The number of urea groups is 1. The molecule has 2 aromatic heterocycles. The summed E-state index contributed by atoms with van der Waals surface area (Å²) in [6.07, 6.45) is 0.894. The third-order valence-corrected chi connectivity index (χ3v) is 7.27. The van der Waals surface area contributed by atoms with Crippen molar-refractivity contribution < 1.29 is 14.3 Å². The predicted octanol–water partition coefficient (Wildman–Crippen LogP) is 5.71. The highest BCUT2D eigenvalue weighted by Gasteiger charge is 2.28. The Bertz CT molecular complexity index is 1360. The number of para-hydroxylation sites is 1. The molecule has 2 aromatic carbocycles. The quantitative estimate of drug-likeness (QED) is 0.360. The molecule has 0 saturated carbocycles. The van der Waals surface area contributed by atoms with E-state index in [1.54, 1.807) is 4.90 Å². The number of thiophene rings is 1. The largest absolute Gasteiger partial charge is 0.458 e. The van der Waals surface area contributed by atoms with E-state index in [1.165, 1.54) is 11.3 Å². The Hall–Kier alpha value is -3.91. The van der Waals surface area contributed by atoms with Gasteiger partial charge in [-0.05, 0) is 30.7 Å². The number of anilines is 2. The second kappa shape index (κ2) is 9.76. The number of piperidine rings is 1. The number of ether oxygens (including phenoxy) is 1. The molecule has 2 amide bonds. The highest BCUT2D eigenvalue weighted by Crippen LogP contribution is 2.36. The van der Waals surface area contributed by atoms with E-state index in [0.717, 1.165) is 27.9 Å². The number of rotatable bonds is 4. The van der Waals surface area contributed by atoms with Gasteiger partial charge < -0.3 is 20.7 Å². The second-order valence-electron chi connectivity index (χ2n) is 8.61. The number of nitrogens with zero attached hydrogens (tertiary/aromatic N) is 2. The van der Waals surface area contributed by atoms with Crippen LogP contribution in [0.5, 0.6) is 0 Å². The Morgan fingerprint density at radius 2 is 1.71 bits per heavy atom. The lowest BCUT2D eigenvalue weighted by Gasteiger charge is -2.31. The van der Waals surface area contributed by atoms with Gasteiger partial charge in [0.25, 0.3) is 0 Å². The van der Waals surface area contributed by atoms with Gasteiger partial charge in [0.05, 0.1) is 11.4 Å². The number of pyridine rings is 1. The van der Waals surface area contributed by atoms with Crippen molar-refractivity contribution in [3.8, 4) is 11.3 Å². The predicted molar refractivity (Wildman–Crippen MR) is 140 cm³/mol. The highest BCUT2D eigenvalue weighted by molar-refractivity contribution is 7.21. The van der Waals surface area contributed by atoms with Gasteiger partial charge in [-0.3, -0.25) is 0 Å². The summed E-state index contributed by atoms with van der Waals surface area (Å²) in [7, 11) is 0. The first kappa shape index (κ1) is 22.9. The van der Waals surface area contributed by atoms with E-state index in [1.807, 2.05) is 73.7 Å². The van der Waals surface area contributed by atoms with Crippen LogP contribution in [-0.4, -0.2) is 41.1 Å². The standard InChI is InChI=1S/C27H26N4O3S/c1-17-16-21-22(28)24(35-25(21)30-23(17)18-8-4-2-5-9-18)26(32)34-20-12-14-31(15-13-20)27(33)29-19-10-6-3-7-11-19/h2-11,16,20H,12-15,28H2,1H3,(H,29,33). The van der Waals surface area contributed by atoms with Gasteiger partial charge >= 0.3 is 12.0 Å². The van der Waals surface area contributed by atoms with E-state index in [-0.39, 0.29) is 12.1 Å². The summed E-state index contributed by atoms with van der Waals surface area (Å²) in [6.45, 7) is 3.02. The molecule has 0 aliphatic carbocycles. The Balaban J connectivity index is 1.25. The summed E-state index contributed by atoms with van der Waals surface area (Å²) < 4.78 is 5.78. The molecule has 3 N–H and O–H groups in total. The van der Waals surface area contributed by atoms with Crippen LogP contribution in [0.2, 0.25) is 0 Å². The maximum atomic E-state index is 13.0. The van der Waals surface area contributed by atoms with Crippen molar-refractivity contribution >= 4 is 44.9 Å². The number of benzene rings is 2. The van der Waals surface area contributed by atoms with Gasteiger partial charge in [-0.1, -0.05) is 48.5 Å². The maximum absolute atomic E-state index is 13.0. The Morgan fingerprint density at radius 1 is 1.06 bits per heavy atom.